The highest BCUT2D eigenvalue weighted by molar-refractivity contribution is 7.90. The topological polar surface area (TPSA) is 54.5 Å². The van der Waals surface area contributed by atoms with Gasteiger partial charge in [-0.25, -0.2) is 8.42 Å². The predicted molar refractivity (Wildman–Crippen MR) is 66.5 cm³/mol. The summed E-state index contributed by atoms with van der Waals surface area (Å²) in [5.41, 5.74) is 1.33. The first-order chi connectivity index (χ1) is 8.03. The molecule has 0 aliphatic carbocycles. The second kappa shape index (κ2) is 4.33. The van der Waals surface area contributed by atoms with Gasteiger partial charge >= 0.3 is 0 Å². The molecule has 0 radical (unpaired) electrons. The Kier molecular flexibility index (Phi) is 3.02. The molecule has 0 saturated heterocycles. The van der Waals surface area contributed by atoms with Crippen LogP contribution in [0.2, 0.25) is 0 Å². The van der Waals surface area contributed by atoms with Gasteiger partial charge in [0.25, 0.3) is 0 Å². The molecular formula is C12H13NO3S. The van der Waals surface area contributed by atoms with E-state index >= 15 is 0 Å². The molecule has 0 aromatic heterocycles. The summed E-state index contributed by atoms with van der Waals surface area (Å²) in [5, 5.41) is 0. The molecule has 1 aliphatic rings. The third-order valence-electron chi connectivity index (χ3n) is 2.72. The number of hydrogen-bond donors (Lipinski definition) is 0. The lowest BCUT2D eigenvalue weighted by Gasteiger charge is -2.20. The monoisotopic (exact) mass is 251 g/mol. The molecule has 0 atom stereocenters. The van der Waals surface area contributed by atoms with Gasteiger partial charge < -0.3 is 4.90 Å². The maximum absolute atomic E-state index is 11.7. The molecule has 0 N–H and O–H groups in total. The van der Waals surface area contributed by atoms with Crippen molar-refractivity contribution in [3.63, 3.8) is 0 Å². The van der Waals surface area contributed by atoms with Gasteiger partial charge in [-0.3, -0.25) is 4.79 Å². The molecule has 5 heteroatoms. The number of rotatable bonds is 1. The number of nitrogens with zero attached hydrogens (tertiary/aromatic N) is 1. The third-order valence-corrected chi connectivity index (χ3v) is 4.28. The Morgan fingerprint density at radius 3 is 2.76 bits per heavy atom. The van der Waals surface area contributed by atoms with Crippen molar-refractivity contribution in [2.75, 3.05) is 17.2 Å². The lowest BCUT2D eigenvalue weighted by Crippen LogP contribution is -2.32. The summed E-state index contributed by atoms with van der Waals surface area (Å²) in [6.07, 6.45) is 1.20. The minimum atomic E-state index is -3.14. The zero-order valence-electron chi connectivity index (χ0n) is 9.30. The fourth-order valence-electron chi connectivity index (χ4n) is 1.90. The second-order valence-corrected chi connectivity index (χ2v) is 6.10. The van der Waals surface area contributed by atoms with Crippen molar-refractivity contribution in [2.24, 2.45) is 0 Å². The summed E-state index contributed by atoms with van der Waals surface area (Å²) in [4.78, 5) is 13.2. The molecule has 1 aliphatic heterocycles. The van der Waals surface area contributed by atoms with Gasteiger partial charge in [0.15, 0.2) is 9.84 Å². The van der Waals surface area contributed by atoms with Crippen LogP contribution in [0.1, 0.15) is 5.56 Å². The zero-order chi connectivity index (χ0) is 12.5. The van der Waals surface area contributed by atoms with E-state index in [4.69, 9.17) is 0 Å². The average Bonchev–Trinajstić information content (AvgIpc) is 2.43. The van der Waals surface area contributed by atoms with Gasteiger partial charge in [0.1, 0.15) is 0 Å². The highest BCUT2D eigenvalue weighted by atomic mass is 32.2. The number of sulfone groups is 1. The third kappa shape index (κ3) is 2.39. The molecule has 90 valence electrons. The van der Waals surface area contributed by atoms with Crippen molar-refractivity contribution in [1.29, 1.82) is 0 Å². The van der Waals surface area contributed by atoms with E-state index in [2.05, 4.69) is 6.58 Å². The summed E-state index contributed by atoms with van der Waals surface area (Å²) in [6.45, 7) is 3.62. The largest absolute Gasteiger partial charge is 0.308 e. The molecule has 17 heavy (non-hydrogen) atoms. The quantitative estimate of drug-likeness (QED) is 0.703. The standard InChI is InChI=1S/C12H13NO3S/c1-2-12(14)13-7-8-17(15,16)9-10-5-3-4-6-11(10)13/h2-6H,1,7-9H2. The van der Waals surface area contributed by atoms with Gasteiger partial charge in [0.2, 0.25) is 5.91 Å². The van der Waals surface area contributed by atoms with E-state index in [1.807, 2.05) is 0 Å². The van der Waals surface area contributed by atoms with Crippen LogP contribution in [-0.2, 0) is 20.4 Å². The van der Waals surface area contributed by atoms with Crippen molar-refractivity contribution in [3.05, 3.63) is 42.5 Å². The number of hydrogen-bond acceptors (Lipinski definition) is 3. The van der Waals surface area contributed by atoms with Gasteiger partial charge in [-0.1, -0.05) is 24.8 Å². The SMILES string of the molecule is C=CC(=O)N1CCS(=O)(=O)Cc2ccccc21. The van der Waals surface area contributed by atoms with Crippen molar-refractivity contribution in [2.45, 2.75) is 5.75 Å². The van der Waals surface area contributed by atoms with Crippen LogP contribution in [0.15, 0.2) is 36.9 Å². The van der Waals surface area contributed by atoms with Crippen molar-refractivity contribution in [3.8, 4) is 0 Å². The molecule has 0 saturated carbocycles. The van der Waals surface area contributed by atoms with E-state index < -0.39 is 9.84 Å². The molecule has 4 nitrogen and oxygen atoms in total. The number of para-hydroxylation sites is 1. The fourth-order valence-corrected chi connectivity index (χ4v) is 3.22. The number of anilines is 1. The maximum Gasteiger partial charge on any atom is 0.250 e. The van der Waals surface area contributed by atoms with E-state index in [1.54, 1.807) is 24.3 Å². The first-order valence-electron chi connectivity index (χ1n) is 5.26. The lowest BCUT2D eigenvalue weighted by molar-refractivity contribution is -0.114. The van der Waals surface area contributed by atoms with E-state index in [-0.39, 0.29) is 24.0 Å². The Balaban J connectivity index is 2.53. The molecule has 1 aromatic rings. The Hall–Kier alpha value is -1.62. The fraction of sp³-hybridized carbons (Fsp3) is 0.250. The van der Waals surface area contributed by atoms with Crippen molar-refractivity contribution >= 4 is 21.4 Å². The molecular weight excluding hydrogens is 238 g/mol. The van der Waals surface area contributed by atoms with E-state index in [0.717, 1.165) is 0 Å². The predicted octanol–water partition coefficient (Wildman–Crippen LogP) is 1.13. The van der Waals surface area contributed by atoms with Crippen LogP contribution in [0, 0.1) is 0 Å². The van der Waals surface area contributed by atoms with Crippen LogP contribution in [0.25, 0.3) is 0 Å². The smallest absolute Gasteiger partial charge is 0.250 e. The zero-order valence-corrected chi connectivity index (χ0v) is 10.1. The highest BCUT2D eigenvalue weighted by Gasteiger charge is 2.25. The molecule has 1 amide bonds. The Bertz CT molecular complexity index is 563. The van der Waals surface area contributed by atoms with Crippen LogP contribution in [0.4, 0.5) is 5.69 Å². The van der Waals surface area contributed by atoms with Crippen molar-refractivity contribution < 1.29 is 13.2 Å². The molecule has 0 fully saturated rings. The minimum Gasteiger partial charge on any atom is -0.308 e. The minimum absolute atomic E-state index is 0.00983. The van der Waals surface area contributed by atoms with Crippen LogP contribution in [0.3, 0.4) is 0 Å². The number of benzene rings is 1. The summed E-state index contributed by atoms with van der Waals surface area (Å²) >= 11 is 0. The van der Waals surface area contributed by atoms with Crippen LogP contribution >= 0.6 is 0 Å². The summed E-state index contributed by atoms with van der Waals surface area (Å²) < 4.78 is 23.5. The van der Waals surface area contributed by atoms with E-state index in [0.29, 0.717) is 11.3 Å². The molecule has 1 aromatic carbocycles. The summed E-state index contributed by atoms with van der Waals surface area (Å²) in [7, 11) is -3.14. The highest BCUT2D eigenvalue weighted by Crippen LogP contribution is 2.26. The molecule has 1 heterocycles. The summed E-state index contributed by atoms with van der Waals surface area (Å²) in [5.74, 6) is -0.291. The van der Waals surface area contributed by atoms with Crippen LogP contribution in [-0.4, -0.2) is 26.6 Å². The Morgan fingerprint density at radius 2 is 2.06 bits per heavy atom. The van der Waals surface area contributed by atoms with Gasteiger partial charge in [-0.2, -0.15) is 0 Å². The van der Waals surface area contributed by atoms with E-state index in [9.17, 15) is 13.2 Å². The molecule has 2 rings (SSSR count). The Labute approximate surface area is 100 Å². The molecule has 0 bridgehead atoms. The van der Waals surface area contributed by atoms with E-state index in [1.165, 1.54) is 11.0 Å². The summed E-state index contributed by atoms with van der Waals surface area (Å²) in [6, 6.07) is 7.07. The normalized spacial score (nSPS) is 18.0. The average molecular weight is 251 g/mol. The molecule has 0 spiro atoms. The van der Waals surface area contributed by atoms with Gasteiger partial charge in [0.05, 0.1) is 11.5 Å². The number of carbonyl (C=O) groups excluding carboxylic acids is 1. The first kappa shape index (κ1) is 11.9. The second-order valence-electron chi connectivity index (χ2n) is 3.91. The van der Waals surface area contributed by atoms with Gasteiger partial charge in [0, 0.05) is 12.2 Å². The van der Waals surface area contributed by atoms with Crippen LogP contribution in [0.5, 0.6) is 0 Å². The van der Waals surface area contributed by atoms with Gasteiger partial charge in [-0.05, 0) is 17.7 Å². The van der Waals surface area contributed by atoms with Crippen LogP contribution < -0.4 is 4.90 Å². The number of carbonyl (C=O) groups is 1. The number of fused-ring (bicyclic) bond motifs is 1. The first-order valence-corrected chi connectivity index (χ1v) is 7.08. The molecule has 0 unspecified atom stereocenters. The van der Waals surface area contributed by atoms with Crippen molar-refractivity contribution in [1.82, 2.24) is 0 Å². The van der Waals surface area contributed by atoms with Gasteiger partial charge in [-0.15, -0.1) is 0 Å². The number of amides is 1. The lowest BCUT2D eigenvalue weighted by atomic mass is 10.2. The maximum atomic E-state index is 11.7. The Morgan fingerprint density at radius 1 is 1.35 bits per heavy atom.